The fraction of sp³-hybridized carbons (Fsp3) is 1.00. The zero-order chi connectivity index (χ0) is 5.28. The van der Waals surface area contributed by atoms with Crippen LogP contribution in [0.4, 0.5) is 4.39 Å². The maximum absolute atomic E-state index is 12.1. The van der Waals surface area contributed by atoms with E-state index in [2.05, 4.69) is 22.9 Å². The van der Waals surface area contributed by atoms with Crippen molar-refractivity contribution in [1.29, 1.82) is 0 Å². The minimum Gasteiger partial charge on any atom is -0.246 e. The van der Waals surface area contributed by atoms with Crippen LogP contribution in [0.5, 0.6) is 0 Å². The second-order valence-corrected chi connectivity index (χ2v) is 3.12. The van der Waals surface area contributed by atoms with E-state index in [4.69, 9.17) is 0 Å². The Morgan fingerprint density at radius 1 is 1.71 bits per heavy atom. The summed E-state index contributed by atoms with van der Waals surface area (Å²) in [6.07, 6.45) is 0.167. The van der Waals surface area contributed by atoms with Crippen LogP contribution in [0.15, 0.2) is 0 Å². The van der Waals surface area contributed by atoms with E-state index in [-0.39, 0.29) is 0 Å². The van der Waals surface area contributed by atoms with Gasteiger partial charge in [0.15, 0.2) is 0 Å². The van der Waals surface area contributed by atoms with Gasteiger partial charge < -0.3 is 0 Å². The average Bonchev–Trinajstić information content (AvgIpc) is 1.87. The Morgan fingerprint density at radius 3 is 2.57 bits per heavy atom. The Morgan fingerprint density at radius 2 is 2.43 bits per heavy atom. The minimum atomic E-state index is -0.558. The van der Waals surface area contributed by atoms with Gasteiger partial charge in [-0.1, -0.05) is 0 Å². The number of hydrogen-bond acceptors (Lipinski definition) is 1. The molecular formula is C4H7FIN. The summed E-state index contributed by atoms with van der Waals surface area (Å²) in [6.45, 7) is 1.54. The number of rotatable bonds is 0. The largest absolute Gasteiger partial charge is 0.246 e. The molecule has 1 aliphatic heterocycles. The molecule has 42 valence electrons. The molecule has 0 N–H and O–H groups in total. The zero-order valence-corrected chi connectivity index (χ0v) is 6.06. The molecule has 0 bridgehead atoms. The lowest BCUT2D eigenvalue weighted by molar-refractivity contribution is 0.352. The molecule has 1 rings (SSSR count). The molecule has 0 aliphatic carbocycles. The fourth-order valence-corrected chi connectivity index (χ4v) is 1.38. The van der Waals surface area contributed by atoms with Crippen molar-refractivity contribution in [2.75, 3.05) is 13.1 Å². The SMILES string of the molecule is F[C@H]1CCN(I)C1. The van der Waals surface area contributed by atoms with Gasteiger partial charge in [0.2, 0.25) is 0 Å². The van der Waals surface area contributed by atoms with E-state index in [1.54, 1.807) is 0 Å². The molecule has 0 radical (unpaired) electrons. The second kappa shape index (κ2) is 2.26. The first-order valence-corrected chi connectivity index (χ1v) is 3.30. The van der Waals surface area contributed by atoms with Gasteiger partial charge >= 0.3 is 0 Å². The lowest BCUT2D eigenvalue weighted by Gasteiger charge is -1.98. The third-order valence-electron chi connectivity index (χ3n) is 1.08. The quantitative estimate of drug-likeness (QED) is 0.435. The zero-order valence-electron chi connectivity index (χ0n) is 3.90. The highest BCUT2D eigenvalue weighted by molar-refractivity contribution is 14.1. The van der Waals surface area contributed by atoms with Gasteiger partial charge in [-0.15, -0.1) is 0 Å². The lowest BCUT2D eigenvalue weighted by atomic mass is 10.4. The Labute approximate surface area is 56.4 Å². The molecule has 1 heterocycles. The van der Waals surface area contributed by atoms with Crippen molar-refractivity contribution < 1.29 is 4.39 Å². The molecule has 0 aromatic rings. The van der Waals surface area contributed by atoms with E-state index in [0.29, 0.717) is 6.54 Å². The summed E-state index contributed by atoms with van der Waals surface area (Å²) >= 11 is 2.14. The van der Waals surface area contributed by atoms with Crippen LogP contribution < -0.4 is 0 Å². The van der Waals surface area contributed by atoms with Crippen molar-refractivity contribution in [3.05, 3.63) is 0 Å². The van der Waals surface area contributed by atoms with Crippen molar-refractivity contribution in [3.63, 3.8) is 0 Å². The van der Waals surface area contributed by atoms with Gasteiger partial charge in [0.05, 0.1) is 0 Å². The van der Waals surface area contributed by atoms with E-state index >= 15 is 0 Å². The summed E-state index contributed by atoms with van der Waals surface area (Å²) in [4.78, 5) is 0. The Balaban J connectivity index is 2.26. The van der Waals surface area contributed by atoms with Crippen LogP contribution in [0.2, 0.25) is 0 Å². The first kappa shape index (κ1) is 5.75. The van der Waals surface area contributed by atoms with Crippen LogP contribution in [0.1, 0.15) is 6.42 Å². The number of hydrogen-bond donors (Lipinski definition) is 0. The van der Waals surface area contributed by atoms with Gasteiger partial charge in [-0.2, -0.15) is 0 Å². The molecule has 3 heteroatoms. The molecule has 1 nitrogen and oxygen atoms in total. The lowest BCUT2D eigenvalue weighted by Crippen LogP contribution is -2.06. The predicted molar refractivity (Wildman–Crippen MR) is 35.1 cm³/mol. The van der Waals surface area contributed by atoms with Crippen molar-refractivity contribution in [3.8, 4) is 0 Å². The molecule has 0 spiro atoms. The van der Waals surface area contributed by atoms with E-state index in [1.165, 1.54) is 0 Å². The van der Waals surface area contributed by atoms with E-state index in [1.807, 2.05) is 3.11 Å². The molecule has 0 aromatic carbocycles. The molecule has 1 aliphatic rings. The van der Waals surface area contributed by atoms with Crippen molar-refractivity contribution in [1.82, 2.24) is 3.11 Å². The Bertz CT molecular complexity index is 60.7. The Hall–Kier alpha value is 0.620. The molecule has 0 aromatic heterocycles. The first-order valence-electron chi connectivity index (χ1n) is 2.34. The van der Waals surface area contributed by atoms with Crippen LogP contribution in [-0.2, 0) is 0 Å². The van der Waals surface area contributed by atoms with Gasteiger partial charge in [-0.05, 0) is 6.42 Å². The molecule has 7 heavy (non-hydrogen) atoms. The topological polar surface area (TPSA) is 3.24 Å². The van der Waals surface area contributed by atoms with Crippen LogP contribution in [0.3, 0.4) is 0 Å². The van der Waals surface area contributed by atoms with E-state index in [9.17, 15) is 4.39 Å². The van der Waals surface area contributed by atoms with Crippen LogP contribution in [-0.4, -0.2) is 22.4 Å². The van der Waals surface area contributed by atoms with Gasteiger partial charge in [0.25, 0.3) is 0 Å². The Kier molecular flexibility index (Phi) is 1.86. The maximum atomic E-state index is 12.1. The molecular weight excluding hydrogens is 208 g/mol. The van der Waals surface area contributed by atoms with Gasteiger partial charge in [-0.3, -0.25) is 0 Å². The standard InChI is InChI=1S/C4H7FIN/c5-4-1-2-7(6)3-4/h4H,1-3H2/t4-/m0/s1. The number of alkyl halides is 1. The normalized spacial score (nSPS) is 34.3. The summed E-state index contributed by atoms with van der Waals surface area (Å²) in [5.41, 5.74) is 0. The molecule has 1 atom stereocenters. The maximum Gasteiger partial charge on any atom is 0.115 e. The van der Waals surface area contributed by atoms with Crippen LogP contribution in [0.25, 0.3) is 0 Å². The van der Waals surface area contributed by atoms with Gasteiger partial charge in [-0.25, -0.2) is 7.50 Å². The summed E-state index contributed by atoms with van der Waals surface area (Å²) in [5.74, 6) is 0. The van der Waals surface area contributed by atoms with Crippen LogP contribution >= 0.6 is 22.9 Å². The van der Waals surface area contributed by atoms with E-state index in [0.717, 1.165) is 13.0 Å². The highest BCUT2D eigenvalue weighted by atomic mass is 127. The van der Waals surface area contributed by atoms with Crippen LogP contribution in [0, 0.1) is 0 Å². The molecule has 0 saturated carbocycles. The first-order chi connectivity index (χ1) is 3.29. The third kappa shape index (κ3) is 1.53. The highest BCUT2D eigenvalue weighted by Crippen LogP contribution is 2.14. The predicted octanol–water partition coefficient (Wildman–Crippen LogP) is 1.38. The van der Waals surface area contributed by atoms with Gasteiger partial charge in [0, 0.05) is 36.0 Å². The summed E-state index contributed by atoms with van der Waals surface area (Å²) in [5, 5.41) is 0. The highest BCUT2D eigenvalue weighted by Gasteiger charge is 2.18. The monoisotopic (exact) mass is 215 g/mol. The van der Waals surface area contributed by atoms with Crippen molar-refractivity contribution in [2.24, 2.45) is 0 Å². The minimum absolute atomic E-state index is 0.558. The number of nitrogens with zero attached hydrogens (tertiary/aromatic N) is 1. The molecule has 0 unspecified atom stereocenters. The summed E-state index contributed by atoms with van der Waals surface area (Å²) in [7, 11) is 0. The molecule has 1 fully saturated rings. The molecule has 1 saturated heterocycles. The van der Waals surface area contributed by atoms with Crippen molar-refractivity contribution in [2.45, 2.75) is 12.6 Å². The molecule has 0 amide bonds. The van der Waals surface area contributed by atoms with Crippen molar-refractivity contribution >= 4 is 22.9 Å². The fourth-order valence-electron chi connectivity index (χ4n) is 0.678. The summed E-state index contributed by atoms with van der Waals surface area (Å²) < 4.78 is 14.1. The third-order valence-corrected chi connectivity index (χ3v) is 1.96. The van der Waals surface area contributed by atoms with E-state index < -0.39 is 6.17 Å². The summed E-state index contributed by atoms with van der Waals surface area (Å²) in [6, 6.07) is 0. The smallest absolute Gasteiger partial charge is 0.115 e. The van der Waals surface area contributed by atoms with Gasteiger partial charge in [0.1, 0.15) is 6.17 Å². The second-order valence-electron chi connectivity index (χ2n) is 1.75. The number of halogens is 2. The average molecular weight is 215 g/mol.